The molecule has 0 spiro atoms. The van der Waals surface area contributed by atoms with Crippen LogP contribution in [0.1, 0.15) is 0 Å². The van der Waals surface area contributed by atoms with Crippen LogP contribution >= 0.6 is 15.9 Å². The highest BCUT2D eigenvalue weighted by Crippen LogP contribution is 2.30. The van der Waals surface area contributed by atoms with Crippen LogP contribution in [0.15, 0.2) is 16.9 Å². The summed E-state index contributed by atoms with van der Waals surface area (Å²) in [7, 11) is 1.60. The number of carboxylic acid groups (broad SMARTS) is 1. The van der Waals surface area contributed by atoms with E-state index in [1.165, 1.54) is 4.90 Å². The third kappa shape index (κ3) is 2.66. The van der Waals surface area contributed by atoms with E-state index < -0.39 is 6.09 Å². The highest BCUT2D eigenvalue weighted by molar-refractivity contribution is 9.10. The molecule has 0 atom stereocenters. The van der Waals surface area contributed by atoms with E-state index in [1.807, 2.05) is 6.07 Å². The van der Waals surface area contributed by atoms with Crippen molar-refractivity contribution in [1.29, 1.82) is 0 Å². The van der Waals surface area contributed by atoms with E-state index in [9.17, 15) is 4.79 Å². The SMILES string of the molecule is COc1cnc(Br)cc1N1CCN(C(=O)O)CC1. The molecule has 7 heteroatoms. The molecule has 1 aromatic heterocycles. The molecule has 1 amide bonds. The summed E-state index contributed by atoms with van der Waals surface area (Å²) < 4.78 is 6.01. The van der Waals surface area contributed by atoms with Gasteiger partial charge in [-0.1, -0.05) is 0 Å². The first kappa shape index (κ1) is 12.9. The zero-order valence-corrected chi connectivity index (χ0v) is 11.6. The third-order valence-electron chi connectivity index (χ3n) is 2.92. The Balaban J connectivity index is 2.14. The maximum atomic E-state index is 10.8. The molecule has 0 aliphatic carbocycles. The molecule has 2 heterocycles. The van der Waals surface area contributed by atoms with Gasteiger partial charge in [0.25, 0.3) is 0 Å². The number of hydrogen-bond acceptors (Lipinski definition) is 4. The quantitative estimate of drug-likeness (QED) is 0.841. The van der Waals surface area contributed by atoms with Gasteiger partial charge in [0.15, 0.2) is 5.75 Å². The average molecular weight is 316 g/mol. The molecule has 2 rings (SSSR count). The van der Waals surface area contributed by atoms with Crippen LogP contribution in [-0.2, 0) is 0 Å². The van der Waals surface area contributed by atoms with Crippen LogP contribution in [0, 0.1) is 0 Å². The summed E-state index contributed by atoms with van der Waals surface area (Å²) in [5, 5.41) is 8.91. The summed E-state index contributed by atoms with van der Waals surface area (Å²) in [6.07, 6.45) is 0.792. The number of halogens is 1. The van der Waals surface area contributed by atoms with Crippen molar-refractivity contribution in [2.24, 2.45) is 0 Å². The van der Waals surface area contributed by atoms with Gasteiger partial charge in [0.2, 0.25) is 0 Å². The summed E-state index contributed by atoms with van der Waals surface area (Å²) >= 11 is 3.33. The molecule has 0 aromatic carbocycles. The molecule has 6 nitrogen and oxygen atoms in total. The van der Waals surface area contributed by atoms with Gasteiger partial charge < -0.3 is 19.6 Å². The fourth-order valence-corrected chi connectivity index (χ4v) is 2.27. The third-order valence-corrected chi connectivity index (χ3v) is 3.36. The van der Waals surface area contributed by atoms with Crippen molar-refractivity contribution in [1.82, 2.24) is 9.88 Å². The lowest BCUT2D eigenvalue weighted by Crippen LogP contribution is -2.48. The predicted molar refractivity (Wildman–Crippen MR) is 70.3 cm³/mol. The van der Waals surface area contributed by atoms with Crippen LogP contribution in [0.3, 0.4) is 0 Å². The van der Waals surface area contributed by atoms with E-state index in [0.29, 0.717) is 31.9 Å². The molecule has 1 fully saturated rings. The van der Waals surface area contributed by atoms with E-state index in [0.717, 1.165) is 10.3 Å². The van der Waals surface area contributed by atoms with Crippen molar-refractivity contribution >= 4 is 27.7 Å². The van der Waals surface area contributed by atoms with Gasteiger partial charge in [0.1, 0.15) is 4.60 Å². The number of hydrogen-bond donors (Lipinski definition) is 1. The number of anilines is 1. The van der Waals surface area contributed by atoms with Gasteiger partial charge in [-0.05, 0) is 22.0 Å². The van der Waals surface area contributed by atoms with Crippen molar-refractivity contribution in [2.45, 2.75) is 0 Å². The topological polar surface area (TPSA) is 65.9 Å². The molecule has 1 aliphatic rings. The maximum Gasteiger partial charge on any atom is 0.407 e. The van der Waals surface area contributed by atoms with E-state index >= 15 is 0 Å². The zero-order chi connectivity index (χ0) is 13.1. The highest BCUT2D eigenvalue weighted by atomic mass is 79.9. The van der Waals surface area contributed by atoms with Crippen molar-refractivity contribution in [2.75, 3.05) is 38.2 Å². The minimum Gasteiger partial charge on any atom is -0.493 e. The first-order valence-corrected chi connectivity index (χ1v) is 6.33. The van der Waals surface area contributed by atoms with Crippen LogP contribution in [0.4, 0.5) is 10.5 Å². The fourth-order valence-electron chi connectivity index (χ4n) is 1.95. The molecule has 0 radical (unpaired) electrons. The molecule has 1 aliphatic heterocycles. The van der Waals surface area contributed by atoms with Crippen LogP contribution in [0.25, 0.3) is 0 Å². The van der Waals surface area contributed by atoms with Crippen LogP contribution in [0.5, 0.6) is 5.75 Å². The number of nitrogens with zero attached hydrogens (tertiary/aromatic N) is 3. The number of pyridine rings is 1. The minimum atomic E-state index is -0.863. The minimum absolute atomic E-state index is 0.498. The molecule has 0 unspecified atom stereocenters. The van der Waals surface area contributed by atoms with Gasteiger partial charge in [0.05, 0.1) is 19.0 Å². The normalized spacial score (nSPS) is 15.7. The molecule has 98 valence electrons. The Labute approximate surface area is 113 Å². The lowest BCUT2D eigenvalue weighted by atomic mass is 10.2. The Bertz CT molecular complexity index is 447. The Morgan fingerprint density at radius 1 is 1.44 bits per heavy atom. The number of methoxy groups -OCH3 is 1. The summed E-state index contributed by atoms with van der Waals surface area (Å²) in [5.41, 5.74) is 0.935. The first-order valence-electron chi connectivity index (χ1n) is 5.54. The van der Waals surface area contributed by atoms with Gasteiger partial charge in [-0.2, -0.15) is 0 Å². The van der Waals surface area contributed by atoms with Gasteiger partial charge in [0, 0.05) is 26.2 Å². The van der Waals surface area contributed by atoms with Crippen molar-refractivity contribution in [3.8, 4) is 5.75 Å². The highest BCUT2D eigenvalue weighted by Gasteiger charge is 2.22. The smallest absolute Gasteiger partial charge is 0.407 e. The predicted octanol–water partition coefficient (Wildman–Crippen LogP) is 1.65. The second-order valence-corrected chi connectivity index (χ2v) is 4.75. The lowest BCUT2D eigenvalue weighted by molar-refractivity contribution is 0.142. The van der Waals surface area contributed by atoms with Gasteiger partial charge in [-0.3, -0.25) is 0 Å². The number of aromatic nitrogens is 1. The number of piperazine rings is 1. The van der Waals surface area contributed by atoms with Gasteiger partial charge in [-0.15, -0.1) is 0 Å². The van der Waals surface area contributed by atoms with Crippen LogP contribution in [0.2, 0.25) is 0 Å². The number of rotatable bonds is 2. The summed E-state index contributed by atoms with van der Waals surface area (Å²) in [5.74, 6) is 0.696. The van der Waals surface area contributed by atoms with Crippen LogP contribution in [-0.4, -0.2) is 54.4 Å². The van der Waals surface area contributed by atoms with Crippen molar-refractivity contribution in [3.63, 3.8) is 0 Å². The Morgan fingerprint density at radius 3 is 2.67 bits per heavy atom. The van der Waals surface area contributed by atoms with E-state index in [1.54, 1.807) is 13.3 Å². The standard InChI is InChI=1S/C11H14BrN3O3/c1-18-9-7-13-10(12)6-8(9)14-2-4-15(5-3-14)11(16)17/h6-7H,2-5H2,1H3,(H,16,17). The average Bonchev–Trinajstić information content (AvgIpc) is 2.39. The molecule has 0 saturated carbocycles. The molecular formula is C11H14BrN3O3. The molecule has 1 saturated heterocycles. The first-order chi connectivity index (χ1) is 8.61. The Hall–Kier alpha value is -1.50. The van der Waals surface area contributed by atoms with E-state index in [4.69, 9.17) is 9.84 Å². The maximum absolute atomic E-state index is 10.8. The Kier molecular flexibility index (Phi) is 3.90. The summed E-state index contributed by atoms with van der Waals surface area (Å²) in [6.45, 7) is 2.30. The molecule has 1 N–H and O–H groups in total. The Morgan fingerprint density at radius 2 is 2.11 bits per heavy atom. The van der Waals surface area contributed by atoms with E-state index in [2.05, 4.69) is 25.8 Å². The molecule has 18 heavy (non-hydrogen) atoms. The summed E-state index contributed by atoms with van der Waals surface area (Å²) in [6, 6.07) is 1.88. The number of amides is 1. The second-order valence-electron chi connectivity index (χ2n) is 3.94. The van der Waals surface area contributed by atoms with Crippen molar-refractivity contribution < 1.29 is 14.6 Å². The molecular weight excluding hydrogens is 302 g/mol. The number of ether oxygens (including phenoxy) is 1. The van der Waals surface area contributed by atoms with Crippen molar-refractivity contribution in [3.05, 3.63) is 16.9 Å². The van der Waals surface area contributed by atoms with Gasteiger partial charge >= 0.3 is 6.09 Å². The fraction of sp³-hybridized carbons (Fsp3) is 0.455. The van der Waals surface area contributed by atoms with Crippen LogP contribution < -0.4 is 9.64 Å². The molecule has 0 bridgehead atoms. The second kappa shape index (κ2) is 5.43. The largest absolute Gasteiger partial charge is 0.493 e. The zero-order valence-electron chi connectivity index (χ0n) is 9.97. The molecule has 1 aromatic rings. The van der Waals surface area contributed by atoms with E-state index in [-0.39, 0.29) is 0 Å². The summed E-state index contributed by atoms with van der Waals surface area (Å²) in [4.78, 5) is 18.5. The monoisotopic (exact) mass is 315 g/mol. The number of carbonyl (C=O) groups is 1. The van der Waals surface area contributed by atoms with Gasteiger partial charge in [-0.25, -0.2) is 9.78 Å². The lowest BCUT2D eigenvalue weighted by Gasteiger charge is -2.35.